The van der Waals surface area contributed by atoms with Crippen LogP contribution in [0.2, 0.25) is 0 Å². The molecule has 7 heteroatoms. The molecule has 1 aromatic carbocycles. The van der Waals surface area contributed by atoms with Crippen molar-refractivity contribution < 1.29 is 23.4 Å². The summed E-state index contributed by atoms with van der Waals surface area (Å²) in [6, 6.07) is 6.66. The number of halogens is 2. The van der Waals surface area contributed by atoms with Gasteiger partial charge in [-0.3, -0.25) is 0 Å². The number of para-hydroxylation sites is 2. The van der Waals surface area contributed by atoms with Gasteiger partial charge in [0, 0.05) is 0 Å². The standard InChI is InChI=1S/C20H23F2N2O3/c21-20(22)27-19-4-2-1-3-17(19)24-18(16(11-23-24)13-5-6-13)12-26-15-9-7-14(25)8-10-15/h1-4,7,11,13-15,20,25H,5-6,8-10,12H2/t14-,15-/m0/s1. The summed E-state index contributed by atoms with van der Waals surface area (Å²) in [7, 11) is 0. The molecule has 0 spiro atoms. The van der Waals surface area contributed by atoms with Crippen LogP contribution in [0.4, 0.5) is 8.78 Å². The minimum absolute atomic E-state index is 0.0522. The fourth-order valence-electron chi connectivity index (χ4n) is 3.55. The molecule has 145 valence electrons. The lowest BCUT2D eigenvalue weighted by Gasteiger charge is -2.25. The van der Waals surface area contributed by atoms with Gasteiger partial charge in [0.15, 0.2) is 5.75 Å². The first-order valence-corrected chi connectivity index (χ1v) is 9.36. The van der Waals surface area contributed by atoms with E-state index in [1.807, 2.05) is 12.6 Å². The Morgan fingerprint density at radius 1 is 1.19 bits per heavy atom. The van der Waals surface area contributed by atoms with Gasteiger partial charge in [-0.2, -0.15) is 13.9 Å². The van der Waals surface area contributed by atoms with Gasteiger partial charge in [0.1, 0.15) is 5.69 Å². The molecule has 4 rings (SSSR count). The molecule has 2 saturated carbocycles. The van der Waals surface area contributed by atoms with Crippen molar-refractivity contribution in [2.24, 2.45) is 0 Å². The van der Waals surface area contributed by atoms with Crippen molar-refractivity contribution in [1.82, 2.24) is 9.78 Å². The smallest absolute Gasteiger partial charge is 0.387 e. The van der Waals surface area contributed by atoms with Crippen LogP contribution in [0, 0.1) is 6.42 Å². The zero-order chi connectivity index (χ0) is 18.8. The van der Waals surface area contributed by atoms with Gasteiger partial charge in [-0.1, -0.05) is 12.1 Å². The fourth-order valence-corrected chi connectivity index (χ4v) is 3.55. The van der Waals surface area contributed by atoms with Gasteiger partial charge >= 0.3 is 6.61 Å². The Morgan fingerprint density at radius 2 is 2.00 bits per heavy atom. The van der Waals surface area contributed by atoms with E-state index in [2.05, 4.69) is 9.84 Å². The monoisotopic (exact) mass is 377 g/mol. The number of hydrogen-bond acceptors (Lipinski definition) is 4. The van der Waals surface area contributed by atoms with Crippen LogP contribution in [-0.2, 0) is 11.3 Å². The second kappa shape index (κ2) is 7.94. The number of aromatic nitrogens is 2. The van der Waals surface area contributed by atoms with E-state index in [0.29, 0.717) is 31.1 Å². The molecule has 1 N–H and O–H groups in total. The van der Waals surface area contributed by atoms with Crippen molar-refractivity contribution in [3.05, 3.63) is 48.1 Å². The number of alkyl halides is 2. The van der Waals surface area contributed by atoms with E-state index >= 15 is 0 Å². The van der Waals surface area contributed by atoms with E-state index in [9.17, 15) is 13.9 Å². The van der Waals surface area contributed by atoms with Crippen LogP contribution in [0.3, 0.4) is 0 Å². The largest absolute Gasteiger partial charge is 0.433 e. The Morgan fingerprint density at radius 3 is 2.70 bits per heavy atom. The number of aliphatic hydroxyl groups excluding tert-OH is 1. The predicted octanol–water partition coefficient (Wildman–Crippen LogP) is 3.99. The lowest BCUT2D eigenvalue weighted by molar-refractivity contribution is -0.0499. The van der Waals surface area contributed by atoms with E-state index in [4.69, 9.17) is 4.74 Å². The summed E-state index contributed by atoms with van der Waals surface area (Å²) < 4.78 is 38.0. The van der Waals surface area contributed by atoms with Crippen molar-refractivity contribution in [2.75, 3.05) is 0 Å². The summed E-state index contributed by atoms with van der Waals surface area (Å²) >= 11 is 0. The highest BCUT2D eigenvalue weighted by atomic mass is 19.3. The Balaban J connectivity index is 1.58. The van der Waals surface area contributed by atoms with Crippen LogP contribution in [0.5, 0.6) is 5.75 Å². The average Bonchev–Trinajstić information content (AvgIpc) is 3.41. The van der Waals surface area contributed by atoms with Crippen LogP contribution >= 0.6 is 0 Å². The van der Waals surface area contributed by atoms with Gasteiger partial charge in [-0.25, -0.2) is 4.68 Å². The first-order chi connectivity index (χ1) is 13.1. The number of nitrogens with zero attached hydrogens (tertiary/aromatic N) is 2. The number of ether oxygens (including phenoxy) is 2. The zero-order valence-corrected chi connectivity index (χ0v) is 14.9. The summed E-state index contributed by atoms with van der Waals surface area (Å²) in [5.74, 6) is 0.550. The fraction of sp³-hybridized carbons (Fsp3) is 0.500. The quantitative estimate of drug-likeness (QED) is 0.793. The Kier molecular flexibility index (Phi) is 5.41. The van der Waals surface area contributed by atoms with E-state index in [1.165, 1.54) is 6.07 Å². The highest BCUT2D eigenvalue weighted by Crippen LogP contribution is 2.43. The summed E-state index contributed by atoms with van der Waals surface area (Å²) in [5, 5.41) is 14.1. The first kappa shape index (κ1) is 18.4. The summed E-state index contributed by atoms with van der Waals surface area (Å²) in [6.07, 6.45) is 7.81. The highest BCUT2D eigenvalue weighted by molar-refractivity contribution is 5.48. The molecule has 2 aromatic rings. The van der Waals surface area contributed by atoms with Crippen LogP contribution in [0.15, 0.2) is 30.5 Å². The minimum atomic E-state index is -2.89. The molecule has 0 unspecified atom stereocenters. The molecule has 5 nitrogen and oxygen atoms in total. The third kappa shape index (κ3) is 4.30. The van der Waals surface area contributed by atoms with Crippen molar-refractivity contribution in [1.29, 1.82) is 0 Å². The Bertz CT molecular complexity index is 768. The maximum absolute atomic E-state index is 12.8. The van der Waals surface area contributed by atoms with E-state index in [0.717, 1.165) is 30.5 Å². The third-order valence-corrected chi connectivity index (χ3v) is 5.14. The lowest BCUT2D eigenvalue weighted by Crippen LogP contribution is -2.25. The van der Waals surface area contributed by atoms with E-state index in [-0.39, 0.29) is 18.0 Å². The van der Waals surface area contributed by atoms with Crippen molar-refractivity contribution in [2.45, 2.75) is 63.4 Å². The normalized spacial score (nSPS) is 23.0. The maximum Gasteiger partial charge on any atom is 0.387 e. The number of benzene rings is 1. The van der Waals surface area contributed by atoms with Crippen molar-refractivity contribution in [3.63, 3.8) is 0 Å². The summed E-state index contributed by atoms with van der Waals surface area (Å²) in [6.45, 7) is -2.54. The molecule has 0 bridgehead atoms. The van der Waals surface area contributed by atoms with Crippen LogP contribution in [-0.4, -0.2) is 33.7 Å². The van der Waals surface area contributed by atoms with Crippen LogP contribution < -0.4 is 4.74 Å². The topological polar surface area (TPSA) is 56.5 Å². The average molecular weight is 377 g/mol. The predicted molar refractivity (Wildman–Crippen MR) is 94.9 cm³/mol. The molecule has 0 aliphatic heterocycles. The summed E-state index contributed by atoms with van der Waals surface area (Å²) in [5.41, 5.74) is 2.48. The molecular formula is C20H23F2N2O3. The molecule has 2 fully saturated rings. The molecule has 2 aliphatic rings. The molecule has 0 amide bonds. The van der Waals surface area contributed by atoms with Crippen LogP contribution in [0.1, 0.15) is 49.3 Å². The Hall–Kier alpha value is -1.99. The van der Waals surface area contributed by atoms with E-state index < -0.39 is 6.61 Å². The van der Waals surface area contributed by atoms with Gasteiger partial charge < -0.3 is 14.6 Å². The molecule has 1 aromatic heterocycles. The van der Waals surface area contributed by atoms with Gasteiger partial charge in [0.2, 0.25) is 0 Å². The molecule has 0 saturated heterocycles. The molecule has 27 heavy (non-hydrogen) atoms. The van der Waals surface area contributed by atoms with E-state index in [1.54, 1.807) is 22.9 Å². The lowest BCUT2D eigenvalue weighted by atomic mass is 9.95. The molecule has 1 radical (unpaired) electrons. The zero-order valence-electron chi connectivity index (χ0n) is 14.9. The number of hydrogen-bond donors (Lipinski definition) is 1. The van der Waals surface area contributed by atoms with Gasteiger partial charge in [0.05, 0.1) is 30.7 Å². The molecule has 1 heterocycles. The number of rotatable bonds is 7. The molecule has 2 atom stereocenters. The van der Waals surface area contributed by atoms with Gasteiger partial charge in [0.25, 0.3) is 0 Å². The minimum Gasteiger partial charge on any atom is -0.433 e. The van der Waals surface area contributed by atoms with Gasteiger partial charge in [-0.05, 0) is 62.1 Å². The summed E-state index contributed by atoms with van der Waals surface area (Å²) in [4.78, 5) is 0. The first-order valence-electron chi connectivity index (χ1n) is 9.36. The highest BCUT2D eigenvalue weighted by Gasteiger charge is 2.30. The van der Waals surface area contributed by atoms with Crippen LogP contribution in [0.25, 0.3) is 5.69 Å². The van der Waals surface area contributed by atoms with Gasteiger partial charge in [-0.15, -0.1) is 0 Å². The third-order valence-electron chi connectivity index (χ3n) is 5.14. The second-order valence-electron chi connectivity index (χ2n) is 7.13. The van der Waals surface area contributed by atoms with Crippen molar-refractivity contribution in [3.8, 4) is 11.4 Å². The van der Waals surface area contributed by atoms with Crippen molar-refractivity contribution >= 4 is 0 Å². The molecular weight excluding hydrogens is 354 g/mol. The number of aliphatic hydroxyl groups is 1. The Labute approximate surface area is 156 Å². The second-order valence-corrected chi connectivity index (χ2v) is 7.13. The maximum atomic E-state index is 12.8. The molecule has 2 aliphatic carbocycles. The SMILES string of the molecule is O[C@H]1[CH]C[C@H](OCc2c(C3CC3)cnn2-c2ccccc2OC(F)F)CC1.